The highest BCUT2D eigenvalue weighted by Crippen LogP contribution is 2.05. The average molecular weight is 155 g/mol. The molecular weight excluding hydrogens is 142 g/mol. The predicted molar refractivity (Wildman–Crippen MR) is 44.1 cm³/mol. The van der Waals surface area contributed by atoms with Crippen LogP contribution in [-0.4, -0.2) is 11.6 Å². The van der Waals surface area contributed by atoms with Crippen LogP contribution in [0.2, 0.25) is 0 Å². The molecule has 0 aliphatic rings. The third kappa shape index (κ3) is 3.40. The van der Waals surface area contributed by atoms with Gasteiger partial charge in [-0.1, -0.05) is 0 Å². The molecule has 0 unspecified atom stereocenters. The second kappa shape index (κ2) is 3.75. The van der Waals surface area contributed by atoms with E-state index < -0.39 is 5.91 Å². The topological polar surface area (TPSA) is 93.0 Å². The number of nitrogens with one attached hydrogen (secondary N) is 1. The van der Waals surface area contributed by atoms with E-state index in [0.717, 1.165) is 0 Å². The van der Waals surface area contributed by atoms with Crippen LogP contribution in [0.5, 0.6) is 0 Å². The Bertz CT molecular complexity index is 214. The maximum atomic E-state index is 10.5. The van der Waals surface area contributed by atoms with E-state index >= 15 is 0 Å². The van der Waals surface area contributed by atoms with Crippen LogP contribution < -0.4 is 11.5 Å². The van der Waals surface area contributed by atoms with Gasteiger partial charge < -0.3 is 16.9 Å². The minimum absolute atomic E-state index is 0.0532. The Labute approximate surface area is 65.8 Å². The first kappa shape index (κ1) is 9.68. The molecule has 0 aliphatic heterocycles. The lowest BCUT2D eigenvalue weighted by molar-refractivity contribution is -0.117. The number of hydrogen-bond acceptors (Lipinski definition) is 3. The van der Waals surface area contributed by atoms with Crippen LogP contribution in [0.25, 0.3) is 0 Å². The lowest BCUT2D eigenvalue weighted by Crippen LogP contribution is -2.16. The number of carbonyl (C=O) groups is 1. The fourth-order valence-electron chi connectivity index (χ4n) is 0.742. The van der Waals surface area contributed by atoms with Gasteiger partial charge in [-0.2, -0.15) is 0 Å². The molecule has 0 saturated carbocycles. The van der Waals surface area contributed by atoms with Crippen LogP contribution in [-0.2, 0) is 4.79 Å². The van der Waals surface area contributed by atoms with E-state index in [-0.39, 0.29) is 6.42 Å². The van der Waals surface area contributed by atoms with Crippen molar-refractivity contribution in [3.63, 3.8) is 0 Å². The summed E-state index contributed by atoms with van der Waals surface area (Å²) in [6, 6.07) is 0. The predicted octanol–water partition coefficient (Wildman–Crippen LogP) is 0.134. The first-order valence-corrected chi connectivity index (χ1v) is 3.24. The molecule has 0 saturated heterocycles. The molecule has 0 spiro atoms. The number of carbonyl (C=O) groups excluding carboxylic acids is 1. The zero-order chi connectivity index (χ0) is 9.02. The molecule has 4 nitrogen and oxygen atoms in total. The first-order chi connectivity index (χ1) is 4.95. The van der Waals surface area contributed by atoms with Crippen molar-refractivity contribution in [2.24, 2.45) is 11.5 Å². The number of allylic oxidation sites excluding steroid dienone is 1. The van der Waals surface area contributed by atoms with Gasteiger partial charge in [-0.05, 0) is 13.8 Å². The Kier molecular flexibility index (Phi) is 3.30. The highest BCUT2D eigenvalue weighted by atomic mass is 16.1. The van der Waals surface area contributed by atoms with Crippen molar-refractivity contribution >= 4 is 11.6 Å². The minimum atomic E-state index is -0.462. The molecule has 0 aromatic carbocycles. The maximum absolute atomic E-state index is 10.5. The molecule has 0 heterocycles. The number of rotatable bonds is 3. The fraction of sp³-hybridized carbons (Fsp3) is 0.429. The van der Waals surface area contributed by atoms with Crippen LogP contribution >= 0.6 is 0 Å². The summed E-state index contributed by atoms with van der Waals surface area (Å²) in [6.07, 6.45) is 0.0532. The van der Waals surface area contributed by atoms with Crippen LogP contribution in [0.1, 0.15) is 20.3 Å². The molecule has 0 aromatic rings. The molecule has 4 heteroatoms. The number of hydrogen-bond donors (Lipinski definition) is 3. The van der Waals surface area contributed by atoms with Gasteiger partial charge in [0.2, 0.25) is 5.91 Å². The summed E-state index contributed by atoms with van der Waals surface area (Å²) in [6.45, 7) is 3.23. The smallest absolute Gasteiger partial charge is 0.221 e. The minimum Gasteiger partial charge on any atom is -0.402 e. The maximum Gasteiger partial charge on any atom is 0.221 e. The van der Waals surface area contributed by atoms with Gasteiger partial charge in [-0.25, -0.2) is 0 Å². The van der Waals surface area contributed by atoms with Crippen LogP contribution in [0.15, 0.2) is 11.3 Å². The SMILES string of the molecule is CC(=N)/C(CC(N)=O)=C(/C)N. The van der Waals surface area contributed by atoms with Gasteiger partial charge in [0.25, 0.3) is 0 Å². The monoisotopic (exact) mass is 155 g/mol. The van der Waals surface area contributed by atoms with Crippen LogP contribution in [0.4, 0.5) is 0 Å². The molecule has 11 heavy (non-hydrogen) atoms. The van der Waals surface area contributed by atoms with Gasteiger partial charge in [0.1, 0.15) is 0 Å². The van der Waals surface area contributed by atoms with Gasteiger partial charge in [0, 0.05) is 17.0 Å². The van der Waals surface area contributed by atoms with E-state index in [1.54, 1.807) is 13.8 Å². The average Bonchev–Trinajstić information content (AvgIpc) is 1.81. The van der Waals surface area contributed by atoms with Crippen molar-refractivity contribution in [3.05, 3.63) is 11.3 Å². The molecule has 0 aliphatic carbocycles. The highest BCUT2D eigenvalue weighted by molar-refractivity contribution is 6.00. The third-order valence-electron chi connectivity index (χ3n) is 1.28. The second-order valence-electron chi connectivity index (χ2n) is 2.43. The van der Waals surface area contributed by atoms with Crippen molar-refractivity contribution in [3.8, 4) is 0 Å². The van der Waals surface area contributed by atoms with Crippen molar-refractivity contribution in [2.75, 3.05) is 0 Å². The van der Waals surface area contributed by atoms with E-state index in [9.17, 15) is 4.79 Å². The second-order valence-corrected chi connectivity index (χ2v) is 2.43. The fourth-order valence-corrected chi connectivity index (χ4v) is 0.742. The zero-order valence-corrected chi connectivity index (χ0v) is 6.77. The molecular formula is C7H13N3O. The van der Waals surface area contributed by atoms with Gasteiger partial charge in [-0.3, -0.25) is 4.79 Å². The van der Waals surface area contributed by atoms with Gasteiger partial charge >= 0.3 is 0 Å². The zero-order valence-electron chi connectivity index (χ0n) is 6.77. The quantitative estimate of drug-likeness (QED) is 0.505. The standard InChI is InChI=1S/C7H13N3O/c1-4(8)6(5(2)9)3-7(10)11/h8H,3,9H2,1-2H3,(H2,10,11)/b6-5-,8-4?. The van der Waals surface area contributed by atoms with Crippen molar-refractivity contribution in [1.29, 1.82) is 5.41 Å². The molecule has 0 bridgehead atoms. The van der Waals surface area contributed by atoms with Crippen LogP contribution in [0, 0.1) is 5.41 Å². The molecule has 0 atom stereocenters. The Morgan fingerprint density at radius 1 is 1.36 bits per heavy atom. The first-order valence-electron chi connectivity index (χ1n) is 3.24. The Morgan fingerprint density at radius 2 is 1.82 bits per heavy atom. The molecule has 62 valence electrons. The Hall–Kier alpha value is -1.32. The lowest BCUT2D eigenvalue weighted by Gasteiger charge is -2.04. The molecule has 5 N–H and O–H groups in total. The summed E-state index contributed by atoms with van der Waals surface area (Å²) >= 11 is 0. The summed E-state index contributed by atoms with van der Waals surface area (Å²) in [5.41, 5.74) is 11.7. The molecule has 0 radical (unpaired) electrons. The summed E-state index contributed by atoms with van der Waals surface area (Å²) in [5, 5.41) is 7.23. The van der Waals surface area contributed by atoms with Crippen molar-refractivity contribution in [2.45, 2.75) is 20.3 Å². The van der Waals surface area contributed by atoms with E-state index in [2.05, 4.69) is 0 Å². The summed E-state index contributed by atoms with van der Waals surface area (Å²) in [5.74, 6) is -0.462. The van der Waals surface area contributed by atoms with E-state index in [1.807, 2.05) is 0 Å². The van der Waals surface area contributed by atoms with E-state index in [4.69, 9.17) is 16.9 Å². The Balaban J connectivity index is 4.52. The molecule has 0 aromatic heterocycles. The summed E-state index contributed by atoms with van der Waals surface area (Å²) < 4.78 is 0. The highest BCUT2D eigenvalue weighted by Gasteiger charge is 2.06. The third-order valence-corrected chi connectivity index (χ3v) is 1.28. The van der Waals surface area contributed by atoms with Gasteiger partial charge in [-0.15, -0.1) is 0 Å². The summed E-state index contributed by atoms with van der Waals surface area (Å²) in [7, 11) is 0. The van der Waals surface area contributed by atoms with Crippen LogP contribution in [0.3, 0.4) is 0 Å². The lowest BCUT2D eigenvalue weighted by atomic mass is 10.1. The van der Waals surface area contributed by atoms with E-state index in [0.29, 0.717) is 17.0 Å². The van der Waals surface area contributed by atoms with Crippen molar-refractivity contribution in [1.82, 2.24) is 0 Å². The number of nitrogens with two attached hydrogens (primary N) is 2. The molecule has 0 fully saturated rings. The molecule has 1 amide bonds. The summed E-state index contributed by atoms with van der Waals surface area (Å²) in [4.78, 5) is 10.5. The normalized spacial score (nSPS) is 12.2. The van der Waals surface area contributed by atoms with Gasteiger partial charge in [0.05, 0.1) is 6.42 Å². The largest absolute Gasteiger partial charge is 0.402 e. The Morgan fingerprint density at radius 3 is 1.91 bits per heavy atom. The molecule has 0 rings (SSSR count). The van der Waals surface area contributed by atoms with Crippen molar-refractivity contribution < 1.29 is 4.79 Å². The van der Waals surface area contributed by atoms with Gasteiger partial charge in [0.15, 0.2) is 0 Å². The van der Waals surface area contributed by atoms with E-state index in [1.165, 1.54) is 0 Å². The number of amides is 1. The number of primary amides is 1.